The predicted octanol–water partition coefficient (Wildman–Crippen LogP) is 2.95. The number of carbonyl (C=O) groups is 2. The van der Waals surface area contributed by atoms with Crippen LogP contribution in [0, 0.1) is 5.92 Å². The SMILES string of the molecule is O=C(Nc1ccccc1N1CCCC1=O)[C@@H]1CC1(Cl)Cl. The lowest BCUT2D eigenvalue weighted by molar-refractivity contribution is -0.118. The highest BCUT2D eigenvalue weighted by atomic mass is 35.5. The number of benzene rings is 1. The summed E-state index contributed by atoms with van der Waals surface area (Å²) in [5, 5.41) is 2.82. The van der Waals surface area contributed by atoms with E-state index < -0.39 is 4.33 Å². The van der Waals surface area contributed by atoms with Gasteiger partial charge in [-0.3, -0.25) is 9.59 Å². The fourth-order valence-electron chi connectivity index (χ4n) is 2.44. The van der Waals surface area contributed by atoms with Crippen LogP contribution in [-0.2, 0) is 9.59 Å². The number of nitrogens with one attached hydrogen (secondary N) is 1. The predicted molar refractivity (Wildman–Crippen MR) is 79.2 cm³/mol. The van der Waals surface area contributed by atoms with Gasteiger partial charge < -0.3 is 10.2 Å². The second-order valence-corrected chi connectivity index (χ2v) is 6.72. The van der Waals surface area contributed by atoms with Crippen molar-refractivity contribution in [1.29, 1.82) is 0 Å². The zero-order chi connectivity index (χ0) is 14.3. The molecule has 3 rings (SSSR count). The van der Waals surface area contributed by atoms with Crippen LogP contribution in [0.3, 0.4) is 0 Å². The summed E-state index contributed by atoms with van der Waals surface area (Å²) < 4.78 is -0.942. The topological polar surface area (TPSA) is 49.4 Å². The molecular weight excluding hydrogens is 299 g/mol. The lowest BCUT2D eigenvalue weighted by Crippen LogP contribution is -2.26. The van der Waals surface area contributed by atoms with Gasteiger partial charge in [0.05, 0.1) is 17.3 Å². The first-order valence-corrected chi connectivity index (χ1v) is 7.33. The van der Waals surface area contributed by atoms with Gasteiger partial charge >= 0.3 is 0 Å². The molecule has 0 unspecified atom stereocenters. The largest absolute Gasteiger partial charge is 0.324 e. The summed E-state index contributed by atoms with van der Waals surface area (Å²) in [4.78, 5) is 25.6. The zero-order valence-electron chi connectivity index (χ0n) is 10.7. The molecule has 106 valence electrons. The molecule has 6 heteroatoms. The van der Waals surface area contributed by atoms with Gasteiger partial charge in [-0.05, 0) is 25.0 Å². The van der Waals surface area contributed by atoms with Crippen LogP contribution >= 0.6 is 23.2 Å². The molecule has 1 saturated heterocycles. The van der Waals surface area contributed by atoms with Crippen molar-refractivity contribution in [3.63, 3.8) is 0 Å². The lowest BCUT2D eigenvalue weighted by atomic mass is 10.2. The number of carbonyl (C=O) groups excluding carboxylic acids is 2. The Bertz CT molecular complexity index is 574. The number of halogens is 2. The van der Waals surface area contributed by atoms with Crippen molar-refractivity contribution in [2.75, 3.05) is 16.8 Å². The van der Waals surface area contributed by atoms with Crippen molar-refractivity contribution in [3.05, 3.63) is 24.3 Å². The number of hydrogen-bond acceptors (Lipinski definition) is 2. The molecule has 1 aromatic carbocycles. The molecule has 4 nitrogen and oxygen atoms in total. The van der Waals surface area contributed by atoms with Gasteiger partial charge in [-0.25, -0.2) is 0 Å². The van der Waals surface area contributed by atoms with E-state index in [9.17, 15) is 9.59 Å². The Morgan fingerprint density at radius 1 is 1.35 bits per heavy atom. The van der Waals surface area contributed by atoms with E-state index in [0.29, 0.717) is 25.1 Å². The summed E-state index contributed by atoms with van der Waals surface area (Å²) in [6, 6.07) is 7.29. The lowest BCUT2D eigenvalue weighted by Gasteiger charge is -2.20. The standard InChI is InChI=1S/C14H14Cl2N2O2/c15-14(16)8-9(14)13(20)17-10-4-1-2-5-11(10)18-7-3-6-12(18)19/h1-2,4-5,9H,3,6-8H2,(H,17,20)/t9-/m0/s1. The molecule has 1 aliphatic carbocycles. The Morgan fingerprint density at radius 3 is 2.65 bits per heavy atom. The third-order valence-corrected chi connectivity index (χ3v) is 4.50. The minimum absolute atomic E-state index is 0.0853. The molecule has 1 heterocycles. The third-order valence-electron chi connectivity index (χ3n) is 3.67. The van der Waals surface area contributed by atoms with Gasteiger partial charge in [-0.15, -0.1) is 23.2 Å². The maximum atomic E-state index is 12.1. The number of alkyl halides is 2. The van der Waals surface area contributed by atoms with E-state index in [0.717, 1.165) is 12.1 Å². The molecular formula is C14H14Cl2N2O2. The van der Waals surface area contributed by atoms with Crippen LogP contribution in [0.1, 0.15) is 19.3 Å². The summed E-state index contributed by atoms with van der Waals surface area (Å²) >= 11 is 11.8. The van der Waals surface area contributed by atoms with Crippen LogP contribution < -0.4 is 10.2 Å². The Morgan fingerprint density at radius 2 is 2.05 bits per heavy atom. The fraction of sp³-hybridized carbons (Fsp3) is 0.429. The molecule has 1 atom stereocenters. The van der Waals surface area contributed by atoms with Crippen LogP contribution in [0.5, 0.6) is 0 Å². The van der Waals surface area contributed by atoms with Crippen molar-refractivity contribution in [2.45, 2.75) is 23.6 Å². The van der Waals surface area contributed by atoms with E-state index in [2.05, 4.69) is 5.32 Å². The maximum absolute atomic E-state index is 12.1. The van der Waals surface area contributed by atoms with Crippen molar-refractivity contribution >= 4 is 46.4 Å². The molecule has 2 aliphatic rings. The molecule has 0 aromatic heterocycles. The molecule has 0 radical (unpaired) electrons. The number of rotatable bonds is 3. The fourth-order valence-corrected chi connectivity index (χ4v) is 2.94. The van der Waals surface area contributed by atoms with E-state index in [1.165, 1.54) is 0 Å². The number of para-hydroxylation sites is 2. The maximum Gasteiger partial charge on any atom is 0.230 e. The first kappa shape index (κ1) is 13.7. The Labute approximate surface area is 127 Å². The molecule has 2 fully saturated rings. The van der Waals surface area contributed by atoms with Crippen molar-refractivity contribution in [1.82, 2.24) is 0 Å². The van der Waals surface area contributed by atoms with Gasteiger partial charge in [-0.1, -0.05) is 12.1 Å². The number of amides is 2. The average molecular weight is 313 g/mol. The summed E-state index contributed by atoms with van der Waals surface area (Å²) in [5.41, 5.74) is 1.36. The minimum atomic E-state index is -0.942. The van der Waals surface area contributed by atoms with Crippen LogP contribution in [0.4, 0.5) is 11.4 Å². The van der Waals surface area contributed by atoms with E-state index >= 15 is 0 Å². The van der Waals surface area contributed by atoms with Gasteiger partial charge in [0, 0.05) is 13.0 Å². The molecule has 1 aromatic rings. The smallest absolute Gasteiger partial charge is 0.230 e. The first-order chi connectivity index (χ1) is 9.49. The van der Waals surface area contributed by atoms with Crippen molar-refractivity contribution in [3.8, 4) is 0 Å². The average Bonchev–Trinajstić information content (AvgIpc) is 2.84. The highest BCUT2D eigenvalue weighted by molar-refractivity contribution is 6.52. The monoisotopic (exact) mass is 312 g/mol. The summed E-state index contributed by atoms with van der Waals surface area (Å²) in [5.74, 6) is -0.496. The summed E-state index contributed by atoms with van der Waals surface area (Å²) in [6.07, 6.45) is 1.86. The van der Waals surface area contributed by atoms with Gasteiger partial charge in [0.25, 0.3) is 0 Å². The van der Waals surface area contributed by atoms with Crippen molar-refractivity contribution in [2.24, 2.45) is 5.92 Å². The highest BCUT2D eigenvalue weighted by Crippen LogP contribution is 2.53. The number of hydrogen-bond donors (Lipinski definition) is 1. The van der Waals surface area contributed by atoms with Gasteiger partial charge in [0.2, 0.25) is 11.8 Å². The third kappa shape index (κ3) is 2.50. The molecule has 1 saturated carbocycles. The summed E-state index contributed by atoms with van der Waals surface area (Å²) in [6.45, 7) is 0.685. The van der Waals surface area contributed by atoms with Gasteiger partial charge in [0.1, 0.15) is 4.33 Å². The highest BCUT2D eigenvalue weighted by Gasteiger charge is 2.56. The second-order valence-electron chi connectivity index (χ2n) is 5.17. The van der Waals surface area contributed by atoms with E-state index in [1.54, 1.807) is 11.0 Å². The van der Waals surface area contributed by atoms with Crippen LogP contribution in [0.25, 0.3) is 0 Å². The first-order valence-electron chi connectivity index (χ1n) is 6.57. The Balaban J connectivity index is 1.80. The van der Waals surface area contributed by atoms with Gasteiger partial charge in [-0.2, -0.15) is 0 Å². The molecule has 0 spiro atoms. The van der Waals surface area contributed by atoms with E-state index in [1.807, 2.05) is 18.2 Å². The Hall–Kier alpha value is -1.26. The van der Waals surface area contributed by atoms with Crippen LogP contribution in [0.15, 0.2) is 24.3 Å². The second kappa shape index (κ2) is 4.93. The van der Waals surface area contributed by atoms with E-state index in [-0.39, 0.29) is 17.7 Å². The molecule has 1 aliphatic heterocycles. The minimum Gasteiger partial charge on any atom is -0.324 e. The van der Waals surface area contributed by atoms with E-state index in [4.69, 9.17) is 23.2 Å². The Kier molecular flexibility index (Phi) is 3.38. The number of anilines is 2. The molecule has 1 N–H and O–H groups in total. The van der Waals surface area contributed by atoms with Crippen LogP contribution in [0.2, 0.25) is 0 Å². The summed E-state index contributed by atoms with van der Waals surface area (Å²) in [7, 11) is 0. The zero-order valence-corrected chi connectivity index (χ0v) is 12.2. The molecule has 0 bridgehead atoms. The van der Waals surface area contributed by atoms with Gasteiger partial charge in [0.15, 0.2) is 0 Å². The normalized spacial score (nSPS) is 23.8. The number of nitrogens with zero attached hydrogens (tertiary/aromatic N) is 1. The van der Waals surface area contributed by atoms with Crippen LogP contribution in [-0.4, -0.2) is 22.7 Å². The van der Waals surface area contributed by atoms with Crippen molar-refractivity contribution < 1.29 is 9.59 Å². The molecule has 20 heavy (non-hydrogen) atoms. The molecule has 2 amide bonds. The quantitative estimate of drug-likeness (QED) is 0.872.